The van der Waals surface area contributed by atoms with Crippen molar-refractivity contribution in [1.29, 1.82) is 0 Å². The van der Waals surface area contributed by atoms with Crippen LogP contribution in [0.1, 0.15) is 49.6 Å². The zero-order valence-corrected chi connectivity index (χ0v) is 16.4. The summed E-state index contributed by atoms with van der Waals surface area (Å²) in [4.78, 5) is 15.7. The van der Waals surface area contributed by atoms with Gasteiger partial charge in [0, 0.05) is 12.0 Å². The summed E-state index contributed by atoms with van der Waals surface area (Å²) in [5.41, 5.74) is 0.961. The van der Waals surface area contributed by atoms with Crippen LogP contribution in [0.2, 0.25) is 0 Å². The summed E-state index contributed by atoms with van der Waals surface area (Å²) in [6.45, 7) is 6.24. The van der Waals surface area contributed by atoms with Crippen molar-refractivity contribution in [2.75, 3.05) is 24.6 Å². The van der Waals surface area contributed by atoms with Gasteiger partial charge in [0.2, 0.25) is 5.91 Å². The Morgan fingerprint density at radius 1 is 1.32 bits per heavy atom. The first-order valence-corrected chi connectivity index (χ1v) is 11.5. The largest absolute Gasteiger partial charge is 0.351 e. The molecule has 2 aliphatic rings. The second kappa shape index (κ2) is 7.67. The van der Waals surface area contributed by atoms with Crippen molar-refractivity contribution in [3.05, 3.63) is 10.6 Å². The molecule has 2 fully saturated rings. The number of likely N-dealkylation sites (tertiary alicyclic amines) is 1. The summed E-state index contributed by atoms with van der Waals surface area (Å²) in [7, 11) is -2.85. The molecule has 0 bridgehead atoms. The number of carbonyl (C=O) groups excluding carboxylic acids is 1. The third-order valence-corrected chi connectivity index (χ3v) is 7.67. The third-order valence-electron chi connectivity index (χ3n) is 5.18. The van der Waals surface area contributed by atoms with Crippen LogP contribution in [-0.2, 0) is 21.2 Å². The minimum Gasteiger partial charge on any atom is -0.351 e. The molecule has 2 aliphatic heterocycles. The van der Waals surface area contributed by atoms with Crippen molar-refractivity contribution in [2.45, 2.75) is 51.6 Å². The van der Waals surface area contributed by atoms with E-state index in [9.17, 15) is 13.2 Å². The summed E-state index contributed by atoms with van der Waals surface area (Å²) in [6.07, 6.45) is 2.32. The fourth-order valence-corrected chi connectivity index (χ4v) is 6.17. The molecule has 0 saturated carbocycles. The summed E-state index contributed by atoms with van der Waals surface area (Å²) < 4.78 is 27.2. The van der Waals surface area contributed by atoms with Crippen LogP contribution in [0.15, 0.2) is 0 Å². The van der Waals surface area contributed by atoms with E-state index in [2.05, 4.69) is 33.7 Å². The predicted octanol–water partition coefficient (Wildman–Crippen LogP) is 1.18. The van der Waals surface area contributed by atoms with Gasteiger partial charge in [-0.3, -0.25) is 9.69 Å². The molecule has 0 spiro atoms. The maximum absolute atomic E-state index is 12.4. The Balaban J connectivity index is 1.46. The Hall–Kier alpha value is -1.06. The SMILES string of the molecule is CC(C)c1nnsc1CNC(=O)C1CCN(C2CCS(=O)(=O)C2)CC1. The monoisotopic (exact) mass is 386 g/mol. The Bertz CT molecular complexity index is 709. The summed E-state index contributed by atoms with van der Waals surface area (Å²) in [5, 5.41) is 7.16. The average molecular weight is 387 g/mol. The van der Waals surface area contributed by atoms with E-state index in [-0.39, 0.29) is 23.6 Å². The molecule has 1 atom stereocenters. The first-order valence-electron chi connectivity index (χ1n) is 8.89. The lowest BCUT2D eigenvalue weighted by molar-refractivity contribution is -0.126. The van der Waals surface area contributed by atoms with Crippen LogP contribution < -0.4 is 5.32 Å². The molecule has 2 saturated heterocycles. The predicted molar refractivity (Wildman–Crippen MR) is 97.2 cm³/mol. The lowest BCUT2D eigenvalue weighted by Crippen LogP contribution is -2.45. The summed E-state index contributed by atoms with van der Waals surface area (Å²) in [5.74, 6) is 0.982. The van der Waals surface area contributed by atoms with E-state index in [1.165, 1.54) is 11.5 Å². The standard InChI is InChI=1S/C16H26N4O3S2/c1-11(2)15-14(24-19-18-15)9-17-16(21)12-3-6-20(7-4-12)13-5-8-25(22,23)10-13/h11-13H,3-10H2,1-2H3,(H,17,21). The first kappa shape index (κ1) is 18.7. The Morgan fingerprint density at radius 3 is 2.64 bits per heavy atom. The highest BCUT2D eigenvalue weighted by Crippen LogP contribution is 2.25. The van der Waals surface area contributed by atoms with E-state index in [1.54, 1.807) is 0 Å². The summed E-state index contributed by atoms with van der Waals surface area (Å²) in [6, 6.07) is 0.144. The first-order chi connectivity index (χ1) is 11.9. The van der Waals surface area contributed by atoms with Crippen LogP contribution in [0.4, 0.5) is 0 Å². The van der Waals surface area contributed by atoms with Crippen LogP contribution in [-0.4, -0.2) is 59.4 Å². The number of hydrogen-bond donors (Lipinski definition) is 1. The number of hydrogen-bond acceptors (Lipinski definition) is 7. The quantitative estimate of drug-likeness (QED) is 0.817. The number of carbonyl (C=O) groups is 1. The van der Waals surface area contributed by atoms with Gasteiger partial charge >= 0.3 is 0 Å². The highest BCUT2D eigenvalue weighted by atomic mass is 32.2. The Morgan fingerprint density at radius 2 is 2.04 bits per heavy atom. The van der Waals surface area contributed by atoms with Gasteiger partial charge in [-0.1, -0.05) is 18.3 Å². The second-order valence-electron chi connectivity index (χ2n) is 7.32. The van der Waals surface area contributed by atoms with E-state index < -0.39 is 9.84 Å². The van der Waals surface area contributed by atoms with Gasteiger partial charge < -0.3 is 5.32 Å². The average Bonchev–Trinajstić information content (AvgIpc) is 3.19. The third kappa shape index (κ3) is 4.57. The molecule has 25 heavy (non-hydrogen) atoms. The van der Waals surface area contributed by atoms with Gasteiger partial charge in [-0.2, -0.15) is 0 Å². The number of nitrogens with one attached hydrogen (secondary N) is 1. The molecule has 3 heterocycles. The molecule has 1 unspecified atom stereocenters. The lowest BCUT2D eigenvalue weighted by Gasteiger charge is -2.34. The van der Waals surface area contributed by atoms with Crippen LogP contribution in [0.5, 0.6) is 0 Å². The van der Waals surface area contributed by atoms with Gasteiger partial charge in [-0.05, 0) is 49.8 Å². The number of nitrogens with zero attached hydrogens (tertiary/aromatic N) is 3. The van der Waals surface area contributed by atoms with Gasteiger partial charge in [0.15, 0.2) is 9.84 Å². The fourth-order valence-electron chi connectivity index (χ4n) is 3.68. The van der Waals surface area contributed by atoms with Crippen molar-refractivity contribution in [3.63, 3.8) is 0 Å². The number of rotatable bonds is 5. The maximum Gasteiger partial charge on any atom is 0.223 e. The maximum atomic E-state index is 12.4. The van der Waals surface area contributed by atoms with Crippen molar-refractivity contribution < 1.29 is 13.2 Å². The fraction of sp³-hybridized carbons (Fsp3) is 0.812. The molecule has 1 amide bonds. The zero-order valence-electron chi connectivity index (χ0n) is 14.8. The van der Waals surface area contributed by atoms with Crippen molar-refractivity contribution >= 4 is 27.3 Å². The van der Waals surface area contributed by atoms with Crippen molar-refractivity contribution in [3.8, 4) is 0 Å². The van der Waals surface area contributed by atoms with E-state index in [0.717, 1.165) is 42.9 Å². The Kier molecular flexibility index (Phi) is 5.75. The van der Waals surface area contributed by atoms with E-state index >= 15 is 0 Å². The normalized spacial score (nSPS) is 24.7. The molecule has 7 nitrogen and oxygen atoms in total. The summed E-state index contributed by atoms with van der Waals surface area (Å²) >= 11 is 1.34. The molecule has 0 aliphatic carbocycles. The van der Waals surface area contributed by atoms with Gasteiger partial charge in [0.1, 0.15) is 0 Å². The highest BCUT2D eigenvalue weighted by Gasteiger charge is 2.35. The number of sulfone groups is 1. The molecule has 1 N–H and O–H groups in total. The second-order valence-corrected chi connectivity index (χ2v) is 10.4. The Labute approximate surface area is 153 Å². The minimum atomic E-state index is -2.85. The van der Waals surface area contributed by atoms with Crippen LogP contribution in [0, 0.1) is 5.92 Å². The molecule has 1 aromatic rings. The molecule has 0 radical (unpaired) electrons. The van der Waals surface area contributed by atoms with Gasteiger partial charge in [-0.25, -0.2) is 8.42 Å². The highest BCUT2D eigenvalue weighted by molar-refractivity contribution is 7.91. The van der Waals surface area contributed by atoms with E-state index in [1.807, 2.05) is 0 Å². The lowest BCUT2D eigenvalue weighted by atomic mass is 9.94. The number of amides is 1. The van der Waals surface area contributed by atoms with Crippen LogP contribution >= 0.6 is 11.5 Å². The minimum absolute atomic E-state index is 0.0117. The van der Waals surface area contributed by atoms with Gasteiger partial charge in [0.05, 0.1) is 28.6 Å². The van der Waals surface area contributed by atoms with Crippen LogP contribution in [0.25, 0.3) is 0 Å². The van der Waals surface area contributed by atoms with Crippen LogP contribution in [0.3, 0.4) is 0 Å². The van der Waals surface area contributed by atoms with E-state index in [0.29, 0.717) is 18.2 Å². The van der Waals surface area contributed by atoms with Gasteiger partial charge in [-0.15, -0.1) is 5.10 Å². The van der Waals surface area contributed by atoms with E-state index in [4.69, 9.17) is 0 Å². The topological polar surface area (TPSA) is 92.3 Å². The molecular weight excluding hydrogens is 360 g/mol. The molecule has 140 valence electrons. The molecule has 9 heteroatoms. The van der Waals surface area contributed by atoms with Crippen molar-refractivity contribution in [2.24, 2.45) is 5.92 Å². The number of piperidine rings is 1. The number of aromatic nitrogens is 2. The van der Waals surface area contributed by atoms with Crippen molar-refractivity contribution in [1.82, 2.24) is 19.8 Å². The molecular formula is C16H26N4O3S2. The molecule has 3 rings (SSSR count). The molecule has 1 aromatic heterocycles. The molecule has 0 aromatic carbocycles. The van der Waals surface area contributed by atoms with Gasteiger partial charge in [0.25, 0.3) is 0 Å². The smallest absolute Gasteiger partial charge is 0.223 e. The zero-order chi connectivity index (χ0) is 18.0.